The standard InChI is InChI=1S/C13H13ClN2O2S/c1-10-4-5-13(12(14)7-10)19(17,18)16-9-11-3-2-6-15-8-11/h2-8,16H,9H2,1H3. The van der Waals surface area contributed by atoms with Crippen molar-refractivity contribution in [1.29, 1.82) is 0 Å². The second-order valence-electron chi connectivity index (χ2n) is 4.12. The molecule has 2 rings (SSSR count). The zero-order chi connectivity index (χ0) is 13.9. The first-order chi connectivity index (χ1) is 8.99. The zero-order valence-corrected chi connectivity index (χ0v) is 11.9. The molecule has 0 fully saturated rings. The summed E-state index contributed by atoms with van der Waals surface area (Å²) in [5.41, 5.74) is 1.70. The van der Waals surface area contributed by atoms with E-state index in [4.69, 9.17) is 11.6 Å². The topological polar surface area (TPSA) is 59.1 Å². The van der Waals surface area contributed by atoms with Crippen LogP contribution in [0.25, 0.3) is 0 Å². The molecule has 0 aliphatic carbocycles. The second-order valence-corrected chi connectivity index (χ2v) is 6.26. The highest BCUT2D eigenvalue weighted by Gasteiger charge is 2.17. The Hall–Kier alpha value is -1.43. The molecule has 0 bridgehead atoms. The average Bonchev–Trinajstić information content (AvgIpc) is 2.37. The van der Waals surface area contributed by atoms with E-state index < -0.39 is 10.0 Å². The Bertz CT molecular complexity index is 672. The molecule has 0 saturated carbocycles. The fourth-order valence-electron chi connectivity index (χ4n) is 1.58. The summed E-state index contributed by atoms with van der Waals surface area (Å²) >= 11 is 5.96. The normalized spacial score (nSPS) is 11.5. The summed E-state index contributed by atoms with van der Waals surface area (Å²) in [6.45, 7) is 2.03. The first-order valence-electron chi connectivity index (χ1n) is 5.64. The van der Waals surface area contributed by atoms with Gasteiger partial charge in [-0.3, -0.25) is 4.98 Å². The third-order valence-corrected chi connectivity index (χ3v) is 4.45. The molecule has 2 aromatic rings. The van der Waals surface area contributed by atoms with Crippen LogP contribution in [0, 0.1) is 6.92 Å². The molecule has 0 aliphatic rings. The Morgan fingerprint density at radius 3 is 2.74 bits per heavy atom. The lowest BCUT2D eigenvalue weighted by Gasteiger charge is -2.08. The highest BCUT2D eigenvalue weighted by atomic mass is 35.5. The SMILES string of the molecule is Cc1ccc(S(=O)(=O)NCc2cccnc2)c(Cl)c1. The molecule has 0 atom stereocenters. The van der Waals surface area contributed by atoms with Crippen molar-refractivity contribution in [3.63, 3.8) is 0 Å². The molecule has 0 radical (unpaired) electrons. The maximum atomic E-state index is 12.1. The van der Waals surface area contributed by atoms with E-state index >= 15 is 0 Å². The number of nitrogens with zero attached hydrogens (tertiary/aromatic N) is 1. The summed E-state index contributed by atoms with van der Waals surface area (Å²) in [4.78, 5) is 4.01. The lowest BCUT2D eigenvalue weighted by atomic mass is 10.2. The van der Waals surface area contributed by atoms with Crippen LogP contribution in [-0.2, 0) is 16.6 Å². The molecule has 19 heavy (non-hydrogen) atoms. The predicted molar refractivity (Wildman–Crippen MR) is 74.5 cm³/mol. The molecular weight excluding hydrogens is 284 g/mol. The number of pyridine rings is 1. The van der Waals surface area contributed by atoms with Crippen LogP contribution in [-0.4, -0.2) is 13.4 Å². The summed E-state index contributed by atoms with van der Waals surface area (Å²) in [7, 11) is -3.62. The fourth-order valence-corrected chi connectivity index (χ4v) is 3.20. The van der Waals surface area contributed by atoms with E-state index in [-0.39, 0.29) is 16.5 Å². The van der Waals surface area contributed by atoms with Crippen molar-refractivity contribution >= 4 is 21.6 Å². The molecule has 1 heterocycles. The van der Waals surface area contributed by atoms with Crippen molar-refractivity contribution in [3.05, 3.63) is 58.9 Å². The number of sulfonamides is 1. The summed E-state index contributed by atoms with van der Waals surface area (Å²) < 4.78 is 26.7. The van der Waals surface area contributed by atoms with Gasteiger partial charge in [-0.15, -0.1) is 0 Å². The molecule has 0 amide bonds. The monoisotopic (exact) mass is 296 g/mol. The van der Waals surface area contributed by atoms with Gasteiger partial charge in [-0.1, -0.05) is 23.7 Å². The van der Waals surface area contributed by atoms with E-state index in [9.17, 15) is 8.42 Å². The lowest BCUT2D eigenvalue weighted by Crippen LogP contribution is -2.23. The molecule has 0 spiro atoms. The number of hydrogen-bond donors (Lipinski definition) is 1. The highest BCUT2D eigenvalue weighted by molar-refractivity contribution is 7.89. The Kier molecular flexibility index (Phi) is 4.19. The summed E-state index contributed by atoms with van der Waals surface area (Å²) in [6.07, 6.45) is 3.24. The minimum absolute atomic E-state index is 0.0867. The van der Waals surface area contributed by atoms with Gasteiger partial charge in [-0.2, -0.15) is 0 Å². The van der Waals surface area contributed by atoms with Crippen LogP contribution in [0.1, 0.15) is 11.1 Å². The van der Waals surface area contributed by atoms with Crippen LogP contribution >= 0.6 is 11.6 Å². The fraction of sp³-hybridized carbons (Fsp3) is 0.154. The van der Waals surface area contributed by atoms with Crippen LogP contribution in [0.5, 0.6) is 0 Å². The molecule has 4 nitrogen and oxygen atoms in total. The smallest absolute Gasteiger partial charge is 0.242 e. The number of benzene rings is 1. The van der Waals surface area contributed by atoms with Gasteiger partial charge in [0.05, 0.1) is 5.02 Å². The number of rotatable bonds is 4. The molecule has 1 N–H and O–H groups in total. The van der Waals surface area contributed by atoms with Crippen molar-refractivity contribution < 1.29 is 8.42 Å². The van der Waals surface area contributed by atoms with Gasteiger partial charge < -0.3 is 0 Å². The maximum absolute atomic E-state index is 12.1. The Labute approximate surface area is 117 Å². The first kappa shape index (κ1) is 14.0. The van der Waals surface area contributed by atoms with Gasteiger partial charge in [0.25, 0.3) is 0 Å². The van der Waals surface area contributed by atoms with Gasteiger partial charge in [-0.05, 0) is 36.2 Å². The van der Waals surface area contributed by atoms with Crippen LogP contribution in [0.4, 0.5) is 0 Å². The Balaban J connectivity index is 2.19. The first-order valence-corrected chi connectivity index (χ1v) is 7.50. The van der Waals surface area contributed by atoms with Gasteiger partial charge in [0, 0.05) is 18.9 Å². The van der Waals surface area contributed by atoms with Crippen molar-refractivity contribution in [2.45, 2.75) is 18.4 Å². The Morgan fingerprint density at radius 1 is 1.32 bits per heavy atom. The lowest BCUT2D eigenvalue weighted by molar-refractivity contribution is 0.581. The number of halogens is 1. The quantitative estimate of drug-likeness (QED) is 0.943. The van der Waals surface area contributed by atoms with Crippen LogP contribution < -0.4 is 4.72 Å². The molecule has 0 aliphatic heterocycles. The van der Waals surface area contributed by atoms with E-state index in [2.05, 4.69) is 9.71 Å². The minimum Gasteiger partial charge on any atom is -0.264 e. The van der Waals surface area contributed by atoms with Gasteiger partial charge in [0.15, 0.2) is 0 Å². The van der Waals surface area contributed by atoms with Crippen LogP contribution in [0.3, 0.4) is 0 Å². The summed E-state index contributed by atoms with van der Waals surface area (Å²) in [5.74, 6) is 0. The van der Waals surface area contributed by atoms with Crippen molar-refractivity contribution in [2.75, 3.05) is 0 Å². The third-order valence-electron chi connectivity index (χ3n) is 2.57. The van der Waals surface area contributed by atoms with E-state index in [1.165, 1.54) is 6.07 Å². The van der Waals surface area contributed by atoms with Gasteiger partial charge in [0.1, 0.15) is 4.90 Å². The third kappa shape index (κ3) is 3.53. The molecule has 0 saturated heterocycles. The van der Waals surface area contributed by atoms with E-state index in [0.29, 0.717) is 0 Å². The van der Waals surface area contributed by atoms with Gasteiger partial charge in [0.2, 0.25) is 10.0 Å². The van der Waals surface area contributed by atoms with Gasteiger partial charge >= 0.3 is 0 Å². The Morgan fingerprint density at radius 2 is 2.11 bits per heavy atom. The van der Waals surface area contributed by atoms with Gasteiger partial charge in [-0.25, -0.2) is 13.1 Å². The van der Waals surface area contributed by atoms with Crippen LogP contribution in [0.15, 0.2) is 47.6 Å². The zero-order valence-electron chi connectivity index (χ0n) is 10.3. The summed E-state index contributed by atoms with van der Waals surface area (Å²) in [6, 6.07) is 8.39. The van der Waals surface area contributed by atoms with E-state index in [0.717, 1.165) is 11.1 Å². The molecule has 0 unspecified atom stereocenters. The molecular formula is C13H13ClN2O2S. The maximum Gasteiger partial charge on any atom is 0.242 e. The van der Waals surface area contributed by atoms with E-state index in [1.807, 2.05) is 6.92 Å². The van der Waals surface area contributed by atoms with Crippen molar-refractivity contribution in [3.8, 4) is 0 Å². The van der Waals surface area contributed by atoms with E-state index in [1.54, 1.807) is 36.7 Å². The number of hydrogen-bond acceptors (Lipinski definition) is 3. The number of aryl methyl sites for hydroxylation is 1. The molecule has 1 aromatic carbocycles. The van der Waals surface area contributed by atoms with Crippen molar-refractivity contribution in [1.82, 2.24) is 9.71 Å². The number of nitrogens with one attached hydrogen (secondary N) is 1. The second kappa shape index (κ2) is 5.69. The average molecular weight is 297 g/mol. The highest BCUT2D eigenvalue weighted by Crippen LogP contribution is 2.22. The van der Waals surface area contributed by atoms with Crippen molar-refractivity contribution in [2.24, 2.45) is 0 Å². The molecule has 1 aromatic heterocycles. The molecule has 6 heteroatoms. The predicted octanol–water partition coefficient (Wildman–Crippen LogP) is 2.52. The van der Waals surface area contributed by atoms with Crippen LogP contribution in [0.2, 0.25) is 5.02 Å². The summed E-state index contributed by atoms with van der Waals surface area (Å²) in [5, 5.41) is 0.221. The molecule has 100 valence electrons. The minimum atomic E-state index is -3.62. The number of aromatic nitrogens is 1. The largest absolute Gasteiger partial charge is 0.264 e.